The average Bonchev–Trinajstić information content (AvgIpc) is 2.09. The van der Waals surface area contributed by atoms with E-state index in [0.717, 1.165) is 12.2 Å². The topological polar surface area (TPSA) is 48.1 Å². The van der Waals surface area contributed by atoms with Crippen LogP contribution in [0.25, 0.3) is 0 Å². The number of hydrogen-bond donors (Lipinski definition) is 1. The van der Waals surface area contributed by atoms with E-state index in [-0.39, 0.29) is 6.10 Å². The normalized spacial score (nSPS) is 12.5. The molecule has 0 saturated carbocycles. The number of nitrogen functional groups attached to an aromatic ring is 1. The van der Waals surface area contributed by atoms with Gasteiger partial charge in [-0.1, -0.05) is 6.92 Å². The molecule has 0 amide bonds. The fourth-order valence-electron chi connectivity index (χ4n) is 0.777. The third kappa shape index (κ3) is 2.42. The standard InChI is InChI=1S/C9H14N2O/c1-3-7(2)12-8-4-5-9(10)11-6-8/h4-7H,3H2,1-2H3,(H2,10,11). The van der Waals surface area contributed by atoms with E-state index in [1.165, 1.54) is 0 Å². The molecular weight excluding hydrogens is 152 g/mol. The highest BCUT2D eigenvalue weighted by atomic mass is 16.5. The maximum absolute atomic E-state index is 5.50. The van der Waals surface area contributed by atoms with E-state index < -0.39 is 0 Å². The molecule has 0 fully saturated rings. The van der Waals surface area contributed by atoms with Crippen LogP contribution < -0.4 is 10.5 Å². The second kappa shape index (κ2) is 3.95. The average molecular weight is 166 g/mol. The molecule has 0 bridgehead atoms. The van der Waals surface area contributed by atoms with Gasteiger partial charge in [0.15, 0.2) is 0 Å². The molecule has 1 rings (SSSR count). The fourth-order valence-corrected chi connectivity index (χ4v) is 0.777. The molecule has 0 radical (unpaired) electrons. The Morgan fingerprint density at radius 1 is 1.58 bits per heavy atom. The van der Waals surface area contributed by atoms with Gasteiger partial charge in [-0.15, -0.1) is 0 Å². The van der Waals surface area contributed by atoms with Crippen molar-refractivity contribution in [3.8, 4) is 5.75 Å². The van der Waals surface area contributed by atoms with Crippen molar-refractivity contribution < 1.29 is 4.74 Å². The predicted molar refractivity (Wildman–Crippen MR) is 49.0 cm³/mol. The lowest BCUT2D eigenvalue weighted by Gasteiger charge is -2.11. The minimum absolute atomic E-state index is 0.232. The summed E-state index contributed by atoms with van der Waals surface area (Å²) >= 11 is 0. The zero-order valence-electron chi connectivity index (χ0n) is 7.45. The van der Waals surface area contributed by atoms with Crippen LogP contribution in [0.2, 0.25) is 0 Å². The van der Waals surface area contributed by atoms with Gasteiger partial charge in [-0.05, 0) is 25.5 Å². The molecule has 3 nitrogen and oxygen atoms in total. The molecule has 1 heterocycles. The van der Waals surface area contributed by atoms with Gasteiger partial charge >= 0.3 is 0 Å². The molecule has 12 heavy (non-hydrogen) atoms. The van der Waals surface area contributed by atoms with Crippen LogP contribution in [0.5, 0.6) is 5.75 Å². The second-order valence-corrected chi connectivity index (χ2v) is 2.76. The van der Waals surface area contributed by atoms with E-state index in [9.17, 15) is 0 Å². The number of nitrogens with zero attached hydrogens (tertiary/aromatic N) is 1. The van der Waals surface area contributed by atoms with Gasteiger partial charge in [0, 0.05) is 0 Å². The molecule has 1 aromatic heterocycles. The summed E-state index contributed by atoms with van der Waals surface area (Å²) in [7, 11) is 0. The number of aromatic nitrogens is 1. The number of rotatable bonds is 3. The van der Waals surface area contributed by atoms with E-state index >= 15 is 0 Å². The third-order valence-corrected chi connectivity index (χ3v) is 1.67. The second-order valence-electron chi connectivity index (χ2n) is 2.76. The maximum Gasteiger partial charge on any atom is 0.138 e. The summed E-state index contributed by atoms with van der Waals surface area (Å²) in [6.07, 6.45) is 2.86. The molecule has 0 aliphatic carbocycles. The minimum Gasteiger partial charge on any atom is -0.489 e. The van der Waals surface area contributed by atoms with Crippen molar-refractivity contribution in [1.82, 2.24) is 4.98 Å². The molecule has 3 heteroatoms. The summed E-state index contributed by atoms with van der Waals surface area (Å²) in [5.74, 6) is 1.30. The third-order valence-electron chi connectivity index (χ3n) is 1.67. The quantitative estimate of drug-likeness (QED) is 0.745. The Balaban J connectivity index is 2.58. The van der Waals surface area contributed by atoms with Gasteiger partial charge in [0.25, 0.3) is 0 Å². The zero-order valence-corrected chi connectivity index (χ0v) is 7.45. The summed E-state index contributed by atoms with van der Waals surface area (Å²) < 4.78 is 5.50. The van der Waals surface area contributed by atoms with Crippen molar-refractivity contribution >= 4 is 5.82 Å². The van der Waals surface area contributed by atoms with Crippen molar-refractivity contribution in [1.29, 1.82) is 0 Å². The molecule has 66 valence electrons. The van der Waals surface area contributed by atoms with Crippen molar-refractivity contribution in [3.63, 3.8) is 0 Å². The van der Waals surface area contributed by atoms with Gasteiger partial charge < -0.3 is 10.5 Å². The first-order chi connectivity index (χ1) is 5.72. The highest BCUT2D eigenvalue weighted by Crippen LogP contribution is 2.12. The summed E-state index contributed by atoms with van der Waals surface area (Å²) in [5.41, 5.74) is 5.42. The van der Waals surface area contributed by atoms with Crippen molar-refractivity contribution in [2.45, 2.75) is 26.4 Å². The molecule has 1 aromatic rings. The molecule has 0 aromatic carbocycles. The maximum atomic E-state index is 5.50. The van der Waals surface area contributed by atoms with Crippen LogP contribution in [-0.4, -0.2) is 11.1 Å². The van der Waals surface area contributed by atoms with Crippen LogP contribution >= 0.6 is 0 Å². The van der Waals surface area contributed by atoms with E-state index in [1.54, 1.807) is 12.3 Å². The highest BCUT2D eigenvalue weighted by Gasteiger charge is 1.99. The Morgan fingerprint density at radius 2 is 2.33 bits per heavy atom. The summed E-state index contributed by atoms with van der Waals surface area (Å²) in [4.78, 5) is 3.92. The molecule has 0 aliphatic heterocycles. The van der Waals surface area contributed by atoms with Gasteiger partial charge in [0.1, 0.15) is 11.6 Å². The van der Waals surface area contributed by atoms with E-state index in [1.807, 2.05) is 13.0 Å². The predicted octanol–water partition coefficient (Wildman–Crippen LogP) is 1.84. The molecule has 1 atom stereocenters. The van der Waals surface area contributed by atoms with Gasteiger partial charge in [0.2, 0.25) is 0 Å². The summed E-state index contributed by atoms with van der Waals surface area (Å²) in [6, 6.07) is 3.56. The van der Waals surface area contributed by atoms with Crippen molar-refractivity contribution in [2.24, 2.45) is 0 Å². The van der Waals surface area contributed by atoms with Crippen molar-refractivity contribution in [2.75, 3.05) is 5.73 Å². The Hall–Kier alpha value is -1.25. The first-order valence-electron chi connectivity index (χ1n) is 4.10. The van der Waals surface area contributed by atoms with Gasteiger partial charge in [-0.25, -0.2) is 4.98 Å². The minimum atomic E-state index is 0.232. The van der Waals surface area contributed by atoms with E-state index in [2.05, 4.69) is 11.9 Å². The summed E-state index contributed by atoms with van der Waals surface area (Å²) in [6.45, 7) is 4.10. The number of nitrogens with two attached hydrogens (primary N) is 1. The Kier molecular flexibility index (Phi) is 2.91. The SMILES string of the molecule is CCC(C)Oc1ccc(N)nc1. The van der Waals surface area contributed by atoms with Gasteiger partial charge in [-0.3, -0.25) is 0 Å². The number of anilines is 1. The van der Waals surface area contributed by atoms with Crippen molar-refractivity contribution in [3.05, 3.63) is 18.3 Å². The van der Waals surface area contributed by atoms with Crippen LogP contribution in [0.15, 0.2) is 18.3 Å². The van der Waals surface area contributed by atoms with Crippen LogP contribution in [0.4, 0.5) is 5.82 Å². The Bertz CT molecular complexity index is 233. The van der Waals surface area contributed by atoms with Crippen LogP contribution in [0, 0.1) is 0 Å². The summed E-state index contributed by atoms with van der Waals surface area (Å²) in [5, 5.41) is 0. The highest BCUT2D eigenvalue weighted by molar-refractivity contribution is 5.32. The monoisotopic (exact) mass is 166 g/mol. The van der Waals surface area contributed by atoms with Crippen LogP contribution in [0.3, 0.4) is 0 Å². The number of pyridine rings is 1. The van der Waals surface area contributed by atoms with Crippen LogP contribution in [0.1, 0.15) is 20.3 Å². The van der Waals surface area contributed by atoms with Gasteiger partial charge in [0.05, 0.1) is 12.3 Å². The smallest absolute Gasteiger partial charge is 0.138 e. The lowest BCUT2D eigenvalue weighted by atomic mass is 10.3. The lowest BCUT2D eigenvalue weighted by molar-refractivity contribution is 0.216. The molecule has 1 unspecified atom stereocenters. The zero-order chi connectivity index (χ0) is 8.97. The molecule has 0 aliphatic rings. The van der Waals surface area contributed by atoms with Gasteiger partial charge in [-0.2, -0.15) is 0 Å². The molecule has 0 saturated heterocycles. The Morgan fingerprint density at radius 3 is 2.83 bits per heavy atom. The number of hydrogen-bond acceptors (Lipinski definition) is 3. The Labute approximate surface area is 72.6 Å². The molecular formula is C9H14N2O. The first kappa shape index (κ1) is 8.84. The first-order valence-corrected chi connectivity index (χ1v) is 4.10. The fraction of sp³-hybridized carbons (Fsp3) is 0.444. The van der Waals surface area contributed by atoms with Crippen LogP contribution in [-0.2, 0) is 0 Å². The molecule has 0 spiro atoms. The van der Waals surface area contributed by atoms with E-state index in [4.69, 9.17) is 10.5 Å². The molecule has 2 N–H and O–H groups in total. The largest absolute Gasteiger partial charge is 0.489 e. The van der Waals surface area contributed by atoms with E-state index in [0.29, 0.717) is 5.82 Å². The number of ether oxygens (including phenoxy) is 1. The lowest BCUT2D eigenvalue weighted by Crippen LogP contribution is -2.09.